The number of aromatic nitrogens is 3. The summed E-state index contributed by atoms with van der Waals surface area (Å²) in [5, 5.41) is 17.5. The van der Waals surface area contributed by atoms with E-state index < -0.39 is 0 Å². The van der Waals surface area contributed by atoms with Crippen molar-refractivity contribution < 1.29 is 0 Å². The van der Waals surface area contributed by atoms with E-state index in [4.69, 9.17) is 5.26 Å². The van der Waals surface area contributed by atoms with Crippen LogP contribution in [0.2, 0.25) is 0 Å². The highest BCUT2D eigenvalue weighted by molar-refractivity contribution is 8.02. The van der Waals surface area contributed by atoms with E-state index in [1.54, 1.807) is 17.8 Å². The van der Waals surface area contributed by atoms with Crippen LogP contribution < -0.4 is 0 Å². The molecular weight excluding hydrogens is 260 g/mol. The molecule has 0 amide bonds. The third kappa shape index (κ3) is 2.72. The van der Waals surface area contributed by atoms with Crippen molar-refractivity contribution in [1.29, 1.82) is 5.26 Å². The predicted octanol–water partition coefficient (Wildman–Crippen LogP) is 2.68. The molecule has 2 aromatic heterocycles. The van der Waals surface area contributed by atoms with Crippen LogP contribution in [-0.2, 0) is 0 Å². The molecule has 0 fully saturated rings. The van der Waals surface area contributed by atoms with Crippen LogP contribution in [0.3, 0.4) is 0 Å². The Morgan fingerprint density at radius 3 is 2.81 bits per heavy atom. The molecule has 0 unspecified atom stereocenters. The molecule has 0 aliphatic rings. The average Bonchev–Trinajstić information content (AvgIpc) is 2.77. The predicted molar refractivity (Wildman–Crippen MR) is 64.8 cm³/mol. The van der Waals surface area contributed by atoms with Gasteiger partial charge in [0, 0.05) is 0 Å². The third-order valence-electron chi connectivity index (χ3n) is 1.59. The molecule has 0 saturated heterocycles. The van der Waals surface area contributed by atoms with Crippen LogP contribution in [0.25, 0.3) is 0 Å². The van der Waals surface area contributed by atoms with E-state index in [0.717, 1.165) is 13.7 Å². The number of pyridine rings is 1. The maximum Gasteiger partial charge on any atom is 0.181 e. The molecule has 2 rings (SSSR count). The standard InChI is InChI=1S/C9H6N4S3/c1-14-8-12-13-9(16-8)15-7-4-2-3-6(5-10)11-7/h2-4H,1H3. The monoisotopic (exact) mass is 266 g/mol. The fraction of sp³-hybridized carbons (Fsp3) is 0.111. The molecule has 0 spiro atoms. The first-order valence-corrected chi connectivity index (χ1v) is 7.10. The van der Waals surface area contributed by atoms with Crippen LogP contribution in [0.1, 0.15) is 5.69 Å². The molecule has 0 atom stereocenters. The molecule has 16 heavy (non-hydrogen) atoms. The van der Waals surface area contributed by atoms with E-state index >= 15 is 0 Å². The van der Waals surface area contributed by atoms with Crippen molar-refractivity contribution in [2.24, 2.45) is 0 Å². The van der Waals surface area contributed by atoms with Gasteiger partial charge in [-0.05, 0) is 30.2 Å². The summed E-state index contributed by atoms with van der Waals surface area (Å²) in [4.78, 5) is 4.16. The van der Waals surface area contributed by atoms with Crippen LogP contribution in [-0.4, -0.2) is 21.4 Å². The van der Waals surface area contributed by atoms with E-state index in [1.165, 1.54) is 23.1 Å². The summed E-state index contributed by atoms with van der Waals surface area (Å²) in [6, 6.07) is 7.35. The van der Waals surface area contributed by atoms with Crippen LogP contribution in [0.4, 0.5) is 0 Å². The Labute approximate surface area is 105 Å². The first kappa shape index (κ1) is 11.4. The molecule has 0 N–H and O–H groups in total. The third-order valence-corrected chi connectivity index (χ3v) is 4.48. The van der Waals surface area contributed by atoms with Crippen molar-refractivity contribution >= 4 is 34.9 Å². The zero-order valence-electron chi connectivity index (χ0n) is 8.25. The summed E-state index contributed by atoms with van der Waals surface area (Å²) in [7, 11) is 0. The summed E-state index contributed by atoms with van der Waals surface area (Å²) in [5.41, 5.74) is 0.416. The van der Waals surface area contributed by atoms with Crippen molar-refractivity contribution in [3.8, 4) is 6.07 Å². The van der Waals surface area contributed by atoms with Gasteiger partial charge in [0.25, 0.3) is 0 Å². The minimum absolute atomic E-state index is 0.416. The SMILES string of the molecule is CSc1nnc(Sc2cccc(C#N)n2)s1. The topological polar surface area (TPSA) is 62.5 Å². The molecule has 0 bridgehead atoms. The van der Waals surface area contributed by atoms with Gasteiger partial charge in [-0.1, -0.05) is 29.2 Å². The minimum Gasteiger partial charge on any atom is -0.230 e. The highest BCUT2D eigenvalue weighted by Gasteiger charge is 2.06. The van der Waals surface area contributed by atoms with Crippen molar-refractivity contribution in [3.63, 3.8) is 0 Å². The van der Waals surface area contributed by atoms with Crippen LogP contribution in [0.15, 0.2) is 31.9 Å². The van der Waals surface area contributed by atoms with E-state index in [2.05, 4.69) is 15.2 Å². The van der Waals surface area contributed by atoms with E-state index in [9.17, 15) is 0 Å². The quantitative estimate of drug-likeness (QED) is 0.796. The second-order valence-corrected chi connectivity index (χ2v) is 5.91. The smallest absolute Gasteiger partial charge is 0.181 e. The fourth-order valence-electron chi connectivity index (χ4n) is 0.944. The lowest BCUT2D eigenvalue weighted by molar-refractivity contribution is 0.953. The molecule has 0 aliphatic carbocycles. The molecule has 0 saturated carbocycles. The first-order valence-electron chi connectivity index (χ1n) is 4.24. The number of nitriles is 1. The number of thioether (sulfide) groups is 1. The lowest BCUT2D eigenvalue weighted by atomic mass is 10.4. The maximum absolute atomic E-state index is 8.72. The van der Waals surface area contributed by atoms with Crippen molar-refractivity contribution in [1.82, 2.24) is 15.2 Å². The molecular formula is C9H6N4S3. The van der Waals surface area contributed by atoms with Crippen LogP contribution in [0.5, 0.6) is 0 Å². The van der Waals surface area contributed by atoms with Crippen molar-refractivity contribution in [3.05, 3.63) is 23.9 Å². The number of rotatable bonds is 3. The molecule has 4 nitrogen and oxygen atoms in total. The highest BCUT2D eigenvalue weighted by Crippen LogP contribution is 2.31. The summed E-state index contributed by atoms with van der Waals surface area (Å²) < 4.78 is 1.77. The lowest BCUT2D eigenvalue weighted by Crippen LogP contribution is -1.84. The minimum atomic E-state index is 0.416. The number of hydrogen-bond donors (Lipinski definition) is 0. The Balaban J connectivity index is 2.17. The van der Waals surface area contributed by atoms with Crippen LogP contribution >= 0.6 is 34.9 Å². The zero-order chi connectivity index (χ0) is 11.4. The van der Waals surface area contributed by atoms with E-state index in [1.807, 2.05) is 24.5 Å². The van der Waals surface area contributed by atoms with Gasteiger partial charge < -0.3 is 0 Å². The molecule has 80 valence electrons. The van der Waals surface area contributed by atoms with E-state index in [-0.39, 0.29) is 0 Å². The molecule has 0 aliphatic heterocycles. The Hall–Kier alpha value is -1.10. The van der Waals surface area contributed by atoms with E-state index in [0.29, 0.717) is 5.69 Å². The number of hydrogen-bond acceptors (Lipinski definition) is 7. The molecule has 2 aromatic rings. The van der Waals surface area contributed by atoms with Gasteiger partial charge in [-0.3, -0.25) is 0 Å². The zero-order valence-corrected chi connectivity index (χ0v) is 10.7. The second kappa shape index (κ2) is 5.30. The van der Waals surface area contributed by atoms with Crippen LogP contribution in [0, 0.1) is 11.3 Å². The Morgan fingerprint density at radius 2 is 2.12 bits per heavy atom. The van der Waals surface area contributed by atoms with Gasteiger partial charge in [0.2, 0.25) is 0 Å². The maximum atomic E-state index is 8.72. The van der Waals surface area contributed by atoms with Gasteiger partial charge in [0.1, 0.15) is 16.8 Å². The average molecular weight is 266 g/mol. The van der Waals surface area contributed by atoms with Gasteiger partial charge >= 0.3 is 0 Å². The van der Waals surface area contributed by atoms with Gasteiger partial charge in [0.05, 0.1) is 0 Å². The summed E-state index contributed by atoms with van der Waals surface area (Å²) in [6.45, 7) is 0. The highest BCUT2D eigenvalue weighted by atomic mass is 32.2. The normalized spacial score (nSPS) is 10.0. The summed E-state index contributed by atoms with van der Waals surface area (Å²) in [5.74, 6) is 0. The second-order valence-electron chi connectivity index (χ2n) is 2.61. The van der Waals surface area contributed by atoms with Gasteiger partial charge in [0.15, 0.2) is 8.68 Å². The van der Waals surface area contributed by atoms with Gasteiger partial charge in [-0.2, -0.15) is 5.26 Å². The lowest BCUT2D eigenvalue weighted by Gasteiger charge is -1.95. The Morgan fingerprint density at radius 1 is 1.31 bits per heavy atom. The summed E-state index contributed by atoms with van der Waals surface area (Å²) in [6.07, 6.45) is 1.96. The summed E-state index contributed by atoms with van der Waals surface area (Å²) >= 11 is 4.51. The Kier molecular flexibility index (Phi) is 3.77. The molecule has 7 heteroatoms. The van der Waals surface area contributed by atoms with Gasteiger partial charge in [-0.15, -0.1) is 10.2 Å². The Bertz CT molecular complexity index is 532. The largest absolute Gasteiger partial charge is 0.230 e. The molecule has 0 aromatic carbocycles. The molecule has 0 radical (unpaired) electrons. The number of nitrogens with zero attached hydrogens (tertiary/aromatic N) is 4. The van der Waals surface area contributed by atoms with Crippen molar-refractivity contribution in [2.75, 3.05) is 6.26 Å². The molecule has 2 heterocycles. The first-order chi connectivity index (χ1) is 7.81. The van der Waals surface area contributed by atoms with Gasteiger partial charge in [-0.25, -0.2) is 4.98 Å². The van der Waals surface area contributed by atoms with Crippen molar-refractivity contribution in [2.45, 2.75) is 13.7 Å². The fourth-order valence-corrected chi connectivity index (χ4v) is 3.32.